The molecule has 1 heterocycles. The third-order valence-electron chi connectivity index (χ3n) is 9.82. The van der Waals surface area contributed by atoms with Crippen molar-refractivity contribution in [2.75, 3.05) is 7.05 Å². The fourth-order valence-corrected chi connectivity index (χ4v) is 8.21. The Morgan fingerprint density at radius 1 is 1.09 bits per heavy atom. The summed E-state index contributed by atoms with van der Waals surface area (Å²) in [4.78, 5) is 27.5. The van der Waals surface area contributed by atoms with Gasteiger partial charge >= 0.3 is 0 Å². The molecule has 5 rings (SSSR count). The Labute approximate surface area is 196 Å². The summed E-state index contributed by atoms with van der Waals surface area (Å²) in [5.74, 6) is 2.30. The van der Waals surface area contributed by atoms with Gasteiger partial charge in [0.15, 0.2) is 0 Å². The molecule has 0 unspecified atom stereocenters. The van der Waals surface area contributed by atoms with Gasteiger partial charge in [0.2, 0.25) is 11.8 Å². The number of benzene rings is 1. The molecule has 32 heavy (non-hydrogen) atoms. The lowest BCUT2D eigenvalue weighted by molar-refractivity contribution is -0.142. The van der Waals surface area contributed by atoms with E-state index in [1.165, 1.54) is 6.42 Å². The van der Waals surface area contributed by atoms with Crippen LogP contribution in [0.5, 0.6) is 0 Å². The van der Waals surface area contributed by atoms with Gasteiger partial charge in [-0.2, -0.15) is 0 Å². The zero-order valence-electron chi connectivity index (χ0n) is 19.4. The van der Waals surface area contributed by atoms with Crippen LogP contribution in [0.3, 0.4) is 0 Å². The van der Waals surface area contributed by atoms with Crippen LogP contribution >= 0.6 is 11.6 Å². The molecule has 0 spiro atoms. The van der Waals surface area contributed by atoms with Crippen LogP contribution in [0.2, 0.25) is 5.02 Å². The van der Waals surface area contributed by atoms with E-state index in [1.807, 2.05) is 36.2 Å². The van der Waals surface area contributed by atoms with Crippen molar-refractivity contribution in [3.05, 3.63) is 47.0 Å². The Morgan fingerprint density at radius 3 is 2.59 bits per heavy atom. The summed E-state index contributed by atoms with van der Waals surface area (Å²) in [5, 5.41) is 3.93. The Balaban J connectivity index is 1.31. The number of nitrogens with one attached hydrogen (secondary N) is 1. The van der Waals surface area contributed by atoms with Crippen molar-refractivity contribution in [1.29, 1.82) is 0 Å². The highest BCUT2D eigenvalue weighted by Crippen LogP contribution is 2.65. The van der Waals surface area contributed by atoms with Gasteiger partial charge in [-0.15, -0.1) is 0 Å². The molecule has 172 valence electrons. The summed E-state index contributed by atoms with van der Waals surface area (Å²) in [7, 11) is 1.97. The van der Waals surface area contributed by atoms with Gasteiger partial charge in [-0.25, -0.2) is 0 Å². The summed E-state index contributed by atoms with van der Waals surface area (Å²) in [6, 6.07) is 8.01. The molecular weight excluding hydrogens is 420 g/mol. The molecule has 0 saturated heterocycles. The zero-order chi connectivity index (χ0) is 22.7. The summed E-state index contributed by atoms with van der Waals surface area (Å²) >= 11 is 5.99. The van der Waals surface area contributed by atoms with Gasteiger partial charge in [-0.1, -0.05) is 43.7 Å². The lowest BCUT2D eigenvalue weighted by Crippen LogP contribution is -2.59. The second-order valence-corrected chi connectivity index (χ2v) is 11.6. The van der Waals surface area contributed by atoms with Gasteiger partial charge in [0.25, 0.3) is 0 Å². The molecular formula is C27H35ClN2O2. The lowest BCUT2D eigenvalue weighted by Gasteiger charge is -2.60. The molecule has 2 amide bonds. The molecule has 1 aliphatic heterocycles. The van der Waals surface area contributed by atoms with Crippen LogP contribution in [0.1, 0.15) is 57.9 Å². The monoisotopic (exact) mass is 454 g/mol. The number of rotatable bonds is 3. The van der Waals surface area contributed by atoms with Crippen molar-refractivity contribution >= 4 is 23.4 Å². The van der Waals surface area contributed by atoms with Gasteiger partial charge in [0.05, 0.1) is 0 Å². The maximum atomic E-state index is 13.3. The Kier molecular flexibility index (Phi) is 5.43. The van der Waals surface area contributed by atoms with E-state index in [1.54, 1.807) is 6.08 Å². The maximum Gasteiger partial charge on any atom is 0.246 e. The van der Waals surface area contributed by atoms with Gasteiger partial charge in [-0.3, -0.25) is 9.59 Å². The molecule has 0 bridgehead atoms. The molecule has 7 atom stereocenters. The number of carbonyl (C=O) groups excluding carboxylic acids is 2. The number of carbonyl (C=O) groups is 2. The number of hydrogen-bond acceptors (Lipinski definition) is 2. The quantitative estimate of drug-likeness (QED) is 0.681. The Bertz CT molecular complexity index is 943. The summed E-state index contributed by atoms with van der Waals surface area (Å²) in [5.41, 5.74) is 1.22. The van der Waals surface area contributed by atoms with Crippen LogP contribution in [0, 0.1) is 34.5 Å². The minimum atomic E-state index is 0.0574. The first-order chi connectivity index (χ1) is 15.2. The molecule has 4 nitrogen and oxygen atoms in total. The van der Waals surface area contributed by atoms with E-state index < -0.39 is 0 Å². The molecule has 3 saturated carbocycles. The lowest BCUT2D eigenvalue weighted by atomic mass is 9.47. The molecule has 1 N–H and O–H groups in total. The second-order valence-electron chi connectivity index (χ2n) is 11.1. The number of amides is 2. The number of likely N-dealkylation sites (N-methyl/N-ethyl adjacent to an activating group) is 1. The van der Waals surface area contributed by atoms with E-state index >= 15 is 0 Å². The van der Waals surface area contributed by atoms with Crippen molar-refractivity contribution in [1.82, 2.24) is 10.2 Å². The predicted molar refractivity (Wildman–Crippen MR) is 127 cm³/mol. The molecule has 3 fully saturated rings. The van der Waals surface area contributed by atoms with E-state index in [9.17, 15) is 9.59 Å². The third kappa shape index (κ3) is 3.32. The van der Waals surface area contributed by atoms with E-state index in [-0.39, 0.29) is 28.6 Å². The molecule has 5 heteroatoms. The summed E-state index contributed by atoms with van der Waals surface area (Å²) in [6.07, 6.45) is 10.7. The molecule has 1 aromatic carbocycles. The van der Waals surface area contributed by atoms with E-state index in [0.29, 0.717) is 30.3 Å². The van der Waals surface area contributed by atoms with Crippen molar-refractivity contribution in [2.24, 2.45) is 34.5 Å². The number of hydrogen-bond donors (Lipinski definition) is 1. The first-order valence-electron chi connectivity index (χ1n) is 12.2. The molecule has 0 aromatic heterocycles. The highest BCUT2D eigenvalue weighted by Gasteiger charge is 2.61. The first-order valence-corrected chi connectivity index (χ1v) is 12.6. The Hall–Kier alpha value is -1.81. The van der Waals surface area contributed by atoms with Crippen LogP contribution in [0.4, 0.5) is 0 Å². The van der Waals surface area contributed by atoms with E-state index in [4.69, 9.17) is 11.6 Å². The smallest absolute Gasteiger partial charge is 0.246 e. The molecule has 1 aromatic rings. The zero-order valence-corrected chi connectivity index (χ0v) is 20.2. The predicted octanol–water partition coefficient (Wildman–Crippen LogP) is 5.21. The second kappa shape index (κ2) is 7.90. The minimum Gasteiger partial charge on any atom is -0.352 e. The number of halogens is 1. The highest BCUT2D eigenvalue weighted by molar-refractivity contribution is 6.30. The van der Waals surface area contributed by atoms with Crippen molar-refractivity contribution in [3.63, 3.8) is 0 Å². The van der Waals surface area contributed by atoms with Crippen molar-refractivity contribution in [2.45, 2.75) is 65.0 Å². The fraction of sp³-hybridized carbons (Fsp3) is 0.630. The van der Waals surface area contributed by atoms with Crippen LogP contribution in [-0.2, 0) is 16.1 Å². The average Bonchev–Trinajstić information content (AvgIpc) is 3.13. The molecule has 3 aliphatic carbocycles. The molecule has 4 aliphatic rings. The van der Waals surface area contributed by atoms with Crippen LogP contribution in [0.15, 0.2) is 36.4 Å². The number of fused-ring (bicyclic) bond motifs is 5. The Morgan fingerprint density at radius 2 is 1.84 bits per heavy atom. The largest absolute Gasteiger partial charge is 0.352 e. The van der Waals surface area contributed by atoms with Crippen LogP contribution in [-0.4, -0.2) is 29.8 Å². The fourth-order valence-electron chi connectivity index (χ4n) is 8.08. The van der Waals surface area contributed by atoms with Crippen LogP contribution < -0.4 is 5.32 Å². The van der Waals surface area contributed by atoms with Crippen LogP contribution in [0.25, 0.3) is 0 Å². The van der Waals surface area contributed by atoms with Crippen molar-refractivity contribution < 1.29 is 9.59 Å². The van der Waals surface area contributed by atoms with Gasteiger partial charge in [0, 0.05) is 36.0 Å². The average molecular weight is 455 g/mol. The number of nitrogens with zero attached hydrogens (tertiary/aromatic N) is 1. The van der Waals surface area contributed by atoms with Crippen molar-refractivity contribution in [3.8, 4) is 0 Å². The first kappa shape index (κ1) is 22.0. The topological polar surface area (TPSA) is 49.4 Å². The molecule has 0 radical (unpaired) electrons. The summed E-state index contributed by atoms with van der Waals surface area (Å²) < 4.78 is 0. The van der Waals surface area contributed by atoms with Gasteiger partial charge in [0.1, 0.15) is 0 Å². The SMILES string of the molecule is CN1C(=O)C=C[C@]2(C)[C@H]3CC[C@]4(C)[C@@H](C(=O)NCc5ccc(Cl)cc5)CC[C@H]4[C@@H]3CC[C@@H]12. The van der Waals surface area contributed by atoms with E-state index in [0.717, 1.165) is 42.7 Å². The van der Waals surface area contributed by atoms with Gasteiger partial charge < -0.3 is 10.2 Å². The van der Waals surface area contributed by atoms with Gasteiger partial charge in [-0.05, 0) is 85.5 Å². The maximum absolute atomic E-state index is 13.3. The highest BCUT2D eigenvalue weighted by atomic mass is 35.5. The summed E-state index contributed by atoms with van der Waals surface area (Å²) in [6.45, 7) is 5.32. The normalized spacial score (nSPS) is 40.4. The standard InChI is InChI=1S/C27H35ClN2O2/c1-26-14-12-21-19(8-11-23-27(21,2)15-13-24(31)30(23)3)20(26)9-10-22(26)25(32)29-16-17-4-6-18(28)7-5-17/h4-7,13,15,19-23H,8-12,14,16H2,1-3H3,(H,29,32)/t19-,20-,21-,22+,23+,26-,27+/m0/s1. The minimum absolute atomic E-state index is 0.0574. The third-order valence-corrected chi connectivity index (χ3v) is 10.1. The van der Waals surface area contributed by atoms with E-state index in [2.05, 4.69) is 25.2 Å².